The minimum absolute atomic E-state index is 0.187. The fraction of sp³-hybridized carbons (Fsp3) is 0.583. The van der Waals surface area contributed by atoms with Crippen molar-refractivity contribution in [2.75, 3.05) is 5.32 Å². The van der Waals surface area contributed by atoms with Crippen LogP contribution in [0.4, 0.5) is 5.69 Å². The summed E-state index contributed by atoms with van der Waals surface area (Å²) in [4.78, 5) is 12.2. The second-order valence-electron chi connectivity index (χ2n) is 4.61. The molecule has 0 saturated heterocycles. The largest absolute Gasteiger partial charge is 0.322 e. The van der Waals surface area contributed by atoms with Gasteiger partial charge in [0.25, 0.3) is 0 Å². The summed E-state index contributed by atoms with van der Waals surface area (Å²) in [5.74, 6) is -0.187. The Labute approximate surface area is 100 Å². The molecule has 0 aliphatic heterocycles. The molecule has 0 bridgehead atoms. The van der Waals surface area contributed by atoms with Crippen molar-refractivity contribution >= 4 is 11.6 Å². The summed E-state index contributed by atoms with van der Waals surface area (Å²) in [5.41, 5.74) is -0.189. The predicted octanol–water partition coefficient (Wildman–Crippen LogP) is 1.83. The standard InChI is InChI=1S/C12H16N4O/c1-16-8-10(7-14-16)15-11(17)12(9-13)5-3-2-4-6-12/h7-8H,2-6H2,1H3,(H,15,17). The highest BCUT2D eigenvalue weighted by Crippen LogP contribution is 2.36. The van der Waals surface area contributed by atoms with Gasteiger partial charge in [-0.3, -0.25) is 9.48 Å². The number of hydrogen-bond acceptors (Lipinski definition) is 3. The summed E-state index contributed by atoms with van der Waals surface area (Å²) in [5, 5.41) is 16.0. The first-order valence-electron chi connectivity index (χ1n) is 5.88. The van der Waals surface area contributed by atoms with Crippen molar-refractivity contribution in [1.29, 1.82) is 5.26 Å². The number of carbonyl (C=O) groups is 1. The summed E-state index contributed by atoms with van der Waals surface area (Å²) >= 11 is 0. The van der Waals surface area contributed by atoms with Crippen LogP contribution >= 0.6 is 0 Å². The molecule has 90 valence electrons. The molecule has 1 fully saturated rings. The molecule has 0 atom stereocenters. The third-order valence-corrected chi connectivity index (χ3v) is 3.32. The third-order valence-electron chi connectivity index (χ3n) is 3.32. The summed E-state index contributed by atoms with van der Waals surface area (Å²) < 4.78 is 1.62. The maximum Gasteiger partial charge on any atom is 0.244 e. The number of nitrogens with one attached hydrogen (secondary N) is 1. The zero-order chi connectivity index (χ0) is 12.3. The maximum atomic E-state index is 12.2. The number of amides is 1. The van der Waals surface area contributed by atoms with Crippen LogP contribution in [-0.2, 0) is 11.8 Å². The summed E-state index contributed by atoms with van der Waals surface area (Å²) in [7, 11) is 1.79. The molecule has 1 aliphatic carbocycles. The van der Waals surface area contributed by atoms with E-state index in [4.69, 9.17) is 0 Å². The number of hydrogen-bond donors (Lipinski definition) is 1. The summed E-state index contributed by atoms with van der Waals surface area (Å²) in [6, 6.07) is 2.20. The molecule has 0 spiro atoms. The predicted molar refractivity (Wildman–Crippen MR) is 63.0 cm³/mol. The number of rotatable bonds is 2. The van der Waals surface area contributed by atoms with Gasteiger partial charge in [0.2, 0.25) is 5.91 Å². The van der Waals surface area contributed by atoms with Crippen LogP contribution in [0.5, 0.6) is 0 Å². The van der Waals surface area contributed by atoms with Gasteiger partial charge < -0.3 is 5.32 Å². The number of anilines is 1. The third kappa shape index (κ3) is 2.31. The van der Waals surface area contributed by atoms with E-state index >= 15 is 0 Å². The van der Waals surface area contributed by atoms with Crippen molar-refractivity contribution in [3.63, 3.8) is 0 Å². The topological polar surface area (TPSA) is 70.7 Å². The molecular weight excluding hydrogens is 216 g/mol. The molecule has 1 aliphatic rings. The van der Waals surface area contributed by atoms with E-state index in [1.165, 1.54) is 0 Å². The molecule has 1 saturated carbocycles. The molecule has 1 aromatic rings. The SMILES string of the molecule is Cn1cc(NC(=O)C2(C#N)CCCCC2)cn1. The lowest BCUT2D eigenvalue weighted by molar-refractivity contribution is -0.124. The number of nitrogens with zero attached hydrogens (tertiary/aromatic N) is 3. The fourth-order valence-corrected chi connectivity index (χ4v) is 2.28. The Morgan fingerprint density at radius 1 is 1.53 bits per heavy atom. The average Bonchev–Trinajstić information content (AvgIpc) is 2.75. The van der Waals surface area contributed by atoms with Crippen molar-refractivity contribution in [1.82, 2.24) is 9.78 Å². The molecule has 2 rings (SSSR count). The van der Waals surface area contributed by atoms with Crippen LogP contribution < -0.4 is 5.32 Å². The second-order valence-corrected chi connectivity index (χ2v) is 4.61. The minimum atomic E-state index is -0.839. The van der Waals surface area contributed by atoms with Crippen molar-refractivity contribution in [2.24, 2.45) is 12.5 Å². The van der Waals surface area contributed by atoms with Gasteiger partial charge in [-0.1, -0.05) is 19.3 Å². The highest BCUT2D eigenvalue weighted by molar-refractivity contribution is 5.97. The molecule has 1 aromatic heterocycles. The first kappa shape index (κ1) is 11.6. The van der Waals surface area contributed by atoms with Crippen LogP contribution in [0.15, 0.2) is 12.4 Å². The number of carbonyl (C=O) groups excluding carboxylic acids is 1. The molecule has 1 N–H and O–H groups in total. The second kappa shape index (κ2) is 4.58. The van der Waals surface area contributed by atoms with Gasteiger partial charge >= 0.3 is 0 Å². The maximum absolute atomic E-state index is 12.2. The quantitative estimate of drug-likeness (QED) is 0.845. The molecule has 0 radical (unpaired) electrons. The zero-order valence-corrected chi connectivity index (χ0v) is 9.94. The van der Waals surface area contributed by atoms with Crippen molar-refractivity contribution in [3.05, 3.63) is 12.4 Å². The smallest absolute Gasteiger partial charge is 0.244 e. The molecule has 17 heavy (non-hydrogen) atoms. The van der Waals surface area contributed by atoms with Crippen LogP contribution in [0.2, 0.25) is 0 Å². The van der Waals surface area contributed by atoms with E-state index in [0.717, 1.165) is 19.3 Å². The average molecular weight is 232 g/mol. The monoisotopic (exact) mass is 232 g/mol. The van der Waals surface area contributed by atoms with E-state index in [-0.39, 0.29) is 5.91 Å². The van der Waals surface area contributed by atoms with E-state index in [2.05, 4.69) is 16.5 Å². The molecular formula is C12H16N4O. The van der Waals surface area contributed by atoms with Crippen LogP contribution in [0.25, 0.3) is 0 Å². The molecule has 0 aromatic carbocycles. The summed E-state index contributed by atoms with van der Waals surface area (Å²) in [6.07, 6.45) is 7.66. The van der Waals surface area contributed by atoms with Gasteiger partial charge in [-0.05, 0) is 12.8 Å². The highest BCUT2D eigenvalue weighted by Gasteiger charge is 2.39. The van der Waals surface area contributed by atoms with Gasteiger partial charge in [-0.2, -0.15) is 10.4 Å². The van der Waals surface area contributed by atoms with E-state index in [0.29, 0.717) is 18.5 Å². The van der Waals surface area contributed by atoms with E-state index in [9.17, 15) is 10.1 Å². The van der Waals surface area contributed by atoms with Crippen LogP contribution in [-0.4, -0.2) is 15.7 Å². The van der Waals surface area contributed by atoms with E-state index < -0.39 is 5.41 Å². The summed E-state index contributed by atoms with van der Waals surface area (Å²) in [6.45, 7) is 0. The van der Waals surface area contributed by atoms with Crippen molar-refractivity contribution in [2.45, 2.75) is 32.1 Å². The van der Waals surface area contributed by atoms with Gasteiger partial charge in [0.1, 0.15) is 5.41 Å². The number of nitriles is 1. The van der Waals surface area contributed by atoms with Crippen molar-refractivity contribution < 1.29 is 4.79 Å². The number of aromatic nitrogens is 2. The van der Waals surface area contributed by atoms with Gasteiger partial charge in [-0.15, -0.1) is 0 Å². The van der Waals surface area contributed by atoms with Gasteiger partial charge in [0, 0.05) is 13.2 Å². The highest BCUT2D eigenvalue weighted by atomic mass is 16.2. The molecule has 5 nitrogen and oxygen atoms in total. The van der Waals surface area contributed by atoms with Gasteiger partial charge in [-0.25, -0.2) is 0 Å². The Bertz CT molecular complexity index is 451. The van der Waals surface area contributed by atoms with E-state index in [1.54, 1.807) is 24.1 Å². The first-order chi connectivity index (χ1) is 8.16. The molecule has 0 unspecified atom stereocenters. The van der Waals surface area contributed by atoms with Crippen LogP contribution in [0.1, 0.15) is 32.1 Å². The molecule has 5 heteroatoms. The Kier molecular flexibility index (Phi) is 3.14. The Balaban J connectivity index is 2.10. The zero-order valence-electron chi connectivity index (χ0n) is 9.94. The van der Waals surface area contributed by atoms with Crippen LogP contribution in [0, 0.1) is 16.7 Å². The number of aryl methyl sites for hydroxylation is 1. The first-order valence-corrected chi connectivity index (χ1v) is 5.88. The molecule has 1 amide bonds. The lowest BCUT2D eigenvalue weighted by Crippen LogP contribution is -2.36. The Hall–Kier alpha value is -1.83. The lowest BCUT2D eigenvalue weighted by Gasteiger charge is -2.28. The minimum Gasteiger partial charge on any atom is -0.322 e. The van der Waals surface area contributed by atoms with Gasteiger partial charge in [0.05, 0.1) is 18.0 Å². The van der Waals surface area contributed by atoms with Crippen LogP contribution in [0.3, 0.4) is 0 Å². The lowest BCUT2D eigenvalue weighted by atomic mass is 9.74. The normalized spacial score (nSPS) is 18.4. The molecule has 1 heterocycles. The fourth-order valence-electron chi connectivity index (χ4n) is 2.28. The Morgan fingerprint density at radius 2 is 2.24 bits per heavy atom. The van der Waals surface area contributed by atoms with E-state index in [1.807, 2.05) is 0 Å². The van der Waals surface area contributed by atoms with Crippen molar-refractivity contribution in [3.8, 4) is 6.07 Å². The Morgan fingerprint density at radius 3 is 2.76 bits per heavy atom. The van der Waals surface area contributed by atoms with Gasteiger partial charge in [0.15, 0.2) is 0 Å².